The number of nitrogens with zero attached hydrogens (tertiary/aromatic N) is 4. The van der Waals surface area contributed by atoms with Crippen LogP contribution in [0.4, 0.5) is 13.2 Å². The Hall–Kier alpha value is -3.14. The zero-order valence-electron chi connectivity index (χ0n) is 16.9. The third-order valence-corrected chi connectivity index (χ3v) is 5.29. The van der Waals surface area contributed by atoms with Gasteiger partial charge in [-0.2, -0.15) is 13.2 Å². The molecule has 0 saturated carbocycles. The summed E-state index contributed by atoms with van der Waals surface area (Å²) in [6, 6.07) is 8.26. The van der Waals surface area contributed by atoms with Crippen LogP contribution in [-0.4, -0.2) is 38.7 Å². The molecule has 0 fully saturated rings. The van der Waals surface area contributed by atoms with Gasteiger partial charge >= 0.3 is 6.18 Å². The number of halogens is 3. The van der Waals surface area contributed by atoms with Crippen LogP contribution >= 0.6 is 0 Å². The summed E-state index contributed by atoms with van der Waals surface area (Å²) in [4.78, 5) is 14.3. The molecule has 31 heavy (non-hydrogen) atoms. The van der Waals surface area contributed by atoms with E-state index in [1.54, 1.807) is 18.2 Å². The number of hydrogen-bond donors (Lipinski definition) is 1. The summed E-state index contributed by atoms with van der Waals surface area (Å²) in [5.41, 5.74) is -0.0212. The highest BCUT2D eigenvalue weighted by Crippen LogP contribution is 2.30. The van der Waals surface area contributed by atoms with Gasteiger partial charge < -0.3 is 14.3 Å². The van der Waals surface area contributed by atoms with Crippen LogP contribution in [0.25, 0.3) is 0 Å². The number of furan rings is 1. The number of amides is 1. The number of hydrogen-bond acceptors (Lipinski definition) is 5. The quantitative estimate of drug-likeness (QED) is 0.667. The Balaban J connectivity index is 1.42. The third-order valence-electron chi connectivity index (χ3n) is 5.29. The predicted molar refractivity (Wildman–Crippen MR) is 105 cm³/mol. The molecule has 1 atom stereocenters. The average Bonchev–Trinajstić information content (AvgIpc) is 3.36. The van der Waals surface area contributed by atoms with Crippen molar-refractivity contribution in [2.45, 2.75) is 38.7 Å². The second-order valence-electron chi connectivity index (χ2n) is 7.52. The molecule has 1 aliphatic rings. The molecule has 1 aliphatic heterocycles. The first-order valence-electron chi connectivity index (χ1n) is 9.96. The first-order valence-corrected chi connectivity index (χ1v) is 9.96. The second-order valence-corrected chi connectivity index (χ2v) is 7.52. The first kappa shape index (κ1) is 21.1. The molecule has 7 nitrogen and oxygen atoms in total. The van der Waals surface area contributed by atoms with Crippen LogP contribution in [0.3, 0.4) is 0 Å². The number of fused-ring (bicyclic) bond motifs is 1. The molecule has 164 valence electrons. The molecule has 1 N–H and O–H groups in total. The minimum atomic E-state index is -4.35. The molecular formula is C21H22F3N5O2. The maximum atomic E-state index is 13.0. The van der Waals surface area contributed by atoms with E-state index < -0.39 is 11.7 Å². The lowest BCUT2D eigenvalue weighted by Crippen LogP contribution is -2.30. The van der Waals surface area contributed by atoms with Crippen LogP contribution in [0.2, 0.25) is 0 Å². The van der Waals surface area contributed by atoms with Crippen LogP contribution in [0.5, 0.6) is 0 Å². The van der Waals surface area contributed by atoms with Crippen molar-refractivity contribution in [3.63, 3.8) is 0 Å². The molecule has 0 aliphatic carbocycles. The van der Waals surface area contributed by atoms with Gasteiger partial charge in [0.15, 0.2) is 11.6 Å². The van der Waals surface area contributed by atoms with E-state index in [1.807, 2.05) is 11.5 Å². The number of rotatable bonds is 5. The molecule has 2 aromatic heterocycles. The van der Waals surface area contributed by atoms with Crippen molar-refractivity contribution in [3.05, 3.63) is 71.2 Å². The predicted octanol–water partition coefficient (Wildman–Crippen LogP) is 3.44. The number of aromatic nitrogens is 3. The van der Waals surface area contributed by atoms with Gasteiger partial charge in [0.2, 0.25) is 0 Å². The van der Waals surface area contributed by atoms with Crippen molar-refractivity contribution >= 4 is 5.91 Å². The van der Waals surface area contributed by atoms with E-state index in [2.05, 4.69) is 20.4 Å². The summed E-state index contributed by atoms with van der Waals surface area (Å²) in [6.07, 6.45) is -2.31. The minimum absolute atomic E-state index is 0.217. The summed E-state index contributed by atoms with van der Waals surface area (Å²) in [7, 11) is 0. The lowest BCUT2D eigenvalue weighted by molar-refractivity contribution is -0.137. The van der Waals surface area contributed by atoms with Crippen molar-refractivity contribution in [1.82, 2.24) is 25.0 Å². The Bertz CT molecular complexity index is 1050. The van der Waals surface area contributed by atoms with E-state index in [0.29, 0.717) is 44.0 Å². The van der Waals surface area contributed by atoms with Gasteiger partial charge in [0.1, 0.15) is 5.82 Å². The van der Waals surface area contributed by atoms with Gasteiger partial charge in [0, 0.05) is 32.6 Å². The van der Waals surface area contributed by atoms with Crippen LogP contribution in [0.1, 0.15) is 46.3 Å². The largest absolute Gasteiger partial charge is 0.459 e. The normalized spacial score (nSPS) is 15.9. The van der Waals surface area contributed by atoms with Crippen molar-refractivity contribution < 1.29 is 22.4 Å². The maximum absolute atomic E-state index is 13.0. The summed E-state index contributed by atoms with van der Waals surface area (Å²) in [5, 5.41) is 11.4. The van der Waals surface area contributed by atoms with Crippen LogP contribution in [-0.2, 0) is 25.7 Å². The monoisotopic (exact) mass is 433 g/mol. The van der Waals surface area contributed by atoms with Gasteiger partial charge in [-0.3, -0.25) is 9.69 Å². The zero-order valence-corrected chi connectivity index (χ0v) is 16.9. The van der Waals surface area contributed by atoms with E-state index in [9.17, 15) is 18.0 Å². The minimum Gasteiger partial charge on any atom is -0.459 e. The van der Waals surface area contributed by atoms with E-state index in [-0.39, 0.29) is 17.7 Å². The Morgan fingerprint density at radius 3 is 2.77 bits per heavy atom. The molecule has 0 unspecified atom stereocenters. The molecule has 1 amide bonds. The van der Waals surface area contributed by atoms with Crippen LogP contribution in [0.15, 0.2) is 47.1 Å². The van der Waals surface area contributed by atoms with E-state index in [4.69, 9.17) is 4.42 Å². The highest BCUT2D eigenvalue weighted by atomic mass is 19.4. The Kier molecular flexibility index (Phi) is 5.81. The van der Waals surface area contributed by atoms with Gasteiger partial charge in [0.05, 0.1) is 17.9 Å². The summed E-state index contributed by atoms with van der Waals surface area (Å²) >= 11 is 0. The molecular weight excluding hydrogens is 411 g/mol. The second kappa shape index (κ2) is 8.54. The Morgan fingerprint density at radius 2 is 2.03 bits per heavy atom. The first-order chi connectivity index (χ1) is 14.8. The molecule has 10 heteroatoms. The lowest BCUT2D eigenvalue weighted by Gasteiger charge is -2.20. The fourth-order valence-corrected chi connectivity index (χ4v) is 3.71. The molecule has 0 bridgehead atoms. The molecule has 3 aromatic rings. The number of carbonyl (C=O) groups is 1. The number of nitrogens with one attached hydrogen (secondary N) is 1. The summed E-state index contributed by atoms with van der Waals surface area (Å²) < 4.78 is 46.0. The number of carbonyl (C=O) groups excluding carboxylic acids is 1. The standard InChI is InChI=1S/C21H22F3N5O2/c1-14(25-20(30)17-6-3-11-31-17)19-27-26-18-7-8-28(9-10-29(18)19)13-15-4-2-5-16(12-15)21(22,23)24/h2-6,11-12,14H,7-10,13H2,1H3,(H,25,30)/t14-/m0/s1. The zero-order chi connectivity index (χ0) is 22.0. The molecule has 3 heterocycles. The van der Waals surface area contributed by atoms with Gasteiger partial charge in [0.25, 0.3) is 5.91 Å². The number of benzene rings is 1. The van der Waals surface area contributed by atoms with E-state index >= 15 is 0 Å². The molecule has 0 spiro atoms. The van der Waals surface area contributed by atoms with Crippen molar-refractivity contribution in [1.29, 1.82) is 0 Å². The van der Waals surface area contributed by atoms with Crippen LogP contribution < -0.4 is 5.32 Å². The van der Waals surface area contributed by atoms with Gasteiger partial charge in [-0.25, -0.2) is 0 Å². The Labute approximate surface area is 176 Å². The smallest absolute Gasteiger partial charge is 0.416 e. The topological polar surface area (TPSA) is 76.2 Å². The van der Waals surface area contributed by atoms with Gasteiger partial charge in [-0.05, 0) is 30.7 Å². The Morgan fingerprint density at radius 1 is 1.19 bits per heavy atom. The summed E-state index contributed by atoms with van der Waals surface area (Å²) in [6.45, 7) is 4.11. The van der Waals surface area contributed by atoms with Crippen molar-refractivity contribution in [3.8, 4) is 0 Å². The molecule has 0 radical (unpaired) electrons. The SMILES string of the molecule is C[C@H](NC(=O)c1ccco1)c1nnc2n1CCN(Cc1cccc(C(F)(F)F)c1)CC2. The fraction of sp³-hybridized carbons (Fsp3) is 0.381. The summed E-state index contributed by atoms with van der Waals surface area (Å²) in [5.74, 6) is 1.31. The fourth-order valence-electron chi connectivity index (χ4n) is 3.71. The average molecular weight is 433 g/mol. The van der Waals surface area contributed by atoms with Gasteiger partial charge in [-0.1, -0.05) is 18.2 Å². The molecule has 1 aromatic carbocycles. The third kappa shape index (κ3) is 4.79. The number of alkyl halides is 3. The van der Waals surface area contributed by atoms with Gasteiger partial charge in [-0.15, -0.1) is 10.2 Å². The van der Waals surface area contributed by atoms with Crippen LogP contribution in [0, 0.1) is 0 Å². The molecule has 0 saturated heterocycles. The van der Waals surface area contributed by atoms with E-state index in [1.165, 1.54) is 18.4 Å². The van der Waals surface area contributed by atoms with Crippen molar-refractivity contribution in [2.75, 3.05) is 13.1 Å². The van der Waals surface area contributed by atoms with E-state index in [0.717, 1.165) is 11.9 Å². The van der Waals surface area contributed by atoms with Crippen molar-refractivity contribution in [2.24, 2.45) is 0 Å². The highest BCUT2D eigenvalue weighted by Gasteiger charge is 2.30. The lowest BCUT2D eigenvalue weighted by atomic mass is 10.1. The molecule has 4 rings (SSSR count). The maximum Gasteiger partial charge on any atom is 0.416 e. The highest BCUT2D eigenvalue weighted by molar-refractivity contribution is 5.91.